The van der Waals surface area contributed by atoms with Crippen molar-refractivity contribution < 1.29 is 9.32 Å². The minimum atomic E-state index is -0.123. The summed E-state index contributed by atoms with van der Waals surface area (Å²) in [5, 5.41) is 7.42. The van der Waals surface area contributed by atoms with E-state index in [2.05, 4.69) is 34.2 Å². The van der Waals surface area contributed by atoms with Crippen molar-refractivity contribution >= 4 is 17.5 Å². The van der Waals surface area contributed by atoms with Gasteiger partial charge in [0, 0.05) is 18.5 Å². The SMILES string of the molecule is CCN(CC)C(CNC(=O)Cc1noc(C)n1)c1ccc(Cl)cc1. The van der Waals surface area contributed by atoms with Gasteiger partial charge in [0.15, 0.2) is 5.82 Å². The Hall–Kier alpha value is -1.92. The zero-order valence-electron chi connectivity index (χ0n) is 14.3. The lowest BCUT2D eigenvalue weighted by atomic mass is 10.0. The van der Waals surface area contributed by atoms with Crippen LogP contribution < -0.4 is 5.32 Å². The number of amides is 1. The maximum atomic E-state index is 12.1. The second-order valence-corrected chi connectivity index (χ2v) is 5.94. The van der Waals surface area contributed by atoms with Gasteiger partial charge in [-0.3, -0.25) is 9.69 Å². The third-order valence-corrected chi connectivity index (χ3v) is 4.14. The summed E-state index contributed by atoms with van der Waals surface area (Å²) in [7, 11) is 0. The van der Waals surface area contributed by atoms with Crippen LogP contribution in [-0.4, -0.2) is 40.6 Å². The molecule has 7 heteroatoms. The van der Waals surface area contributed by atoms with Crippen LogP contribution in [0.4, 0.5) is 0 Å². The summed E-state index contributed by atoms with van der Waals surface area (Å²) in [5.41, 5.74) is 1.12. The molecule has 0 radical (unpaired) electrons. The van der Waals surface area contributed by atoms with Gasteiger partial charge < -0.3 is 9.84 Å². The summed E-state index contributed by atoms with van der Waals surface area (Å²) in [4.78, 5) is 18.5. The molecule has 0 saturated heterocycles. The van der Waals surface area contributed by atoms with Gasteiger partial charge in [0.1, 0.15) is 0 Å². The van der Waals surface area contributed by atoms with E-state index in [4.69, 9.17) is 16.1 Å². The van der Waals surface area contributed by atoms with Crippen molar-refractivity contribution in [1.82, 2.24) is 20.4 Å². The number of carbonyl (C=O) groups is 1. The van der Waals surface area contributed by atoms with Crippen LogP contribution in [0.1, 0.15) is 37.2 Å². The van der Waals surface area contributed by atoms with E-state index >= 15 is 0 Å². The van der Waals surface area contributed by atoms with Crippen LogP contribution in [0.5, 0.6) is 0 Å². The van der Waals surface area contributed by atoms with Gasteiger partial charge >= 0.3 is 0 Å². The summed E-state index contributed by atoms with van der Waals surface area (Å²) in [6.45, 7) is 8.21. The molecular weight excluding hydrogens is 328 g/mol. The molecule has 2 rings (SSSR count). The molecule has 0 spiro atoms. The topological polar surface area (TPSA) is 71.3 Å². The highest BCUT2D eigenvalue weighted by atomic mass is 35.5. The first-order chi connectivity index (χ1) is 11.5. The van der Waals surface area contributed by atoms with Gasteiger partial charge in [0.2, 0.25) is 11.8 Å². The molecule has 130 valence electrons. The van der Waals surface area contributed by atoms with E-state index < -0.39 is 0 Å². The number of likely N-dealkylation sites (N-methyl/N-ethyl adjacent to an activating group) is 1. The van der Waals surface area contributed by atoms with Gasteiger partial charge in [-0.25, -0.2) is 0 Å². The number of hydrogen-bond donors (Lipinski definition) is 1. The molecule has 1 atom stereocenters. The second-order valence-electron chi connectivity index (χ2n) is 5.50. The highest BCUT2D eigenvalue weighted by Gasteiger charge is 2.19. The smallest absolute Gasteiger partial charge is 0.227 e. The molecule has 0 bridgehead atoms. The van der Waals surface area contributed by atoms with E-state index in [1.165, 1.54) is 0 Å². The van der Waals surface area contributed by atoms with Crippen LogP contribution in [0.15, 0.2) is 28.8 Å². The van der Waals surface area contributed by atoms with E-state index in [0.29, 0.717) is 23.3 Å². The zero-order chi connectivity index (χ0) is 17.5. The number of carbonyl (C=O) groups excluding carboxylic acids is 1. The van der Waals surface area contributed by atoms with Gasteiger partial charge in [0.25, 0.3) is 0 Å². The van der Waals surface area contributed by atoms with Crippen LogP contribution >= 0.6 is 11.6 Å². The fourth-order valence-electron chi connectivity index (χ4n) is 2.64. The lowest BCUT2D eigenvalue weighted by molar-refractivity contribution is -0.120. The van der Waals surface area contributed by atoms with E-state index in [0.717, 1.165) is 18.7 Å². The lowest BCUT2D eigenvalue weighted by Gasteiger charge is -2.30. The number of nitrogens with one attached hydrogen (secondary N) is 1. The molecule has 0 aliphatic carbocycles. The molecule has 2 aromatic rings. The Kier molecular flexibility index (Phi) is 6.75. The van der Waals surface area contributed by atoms with E-state index in [-0.39, 0.29) is 18.4 Å². The molecule has 1 unspecified atom stereocenters. The molecule has 1 N–H and O–H groups in total. The monoisotopic (exact) mass is 350 g/mol. The third kappa shape index (κ3) is 5.04. The van der Waals surface area contributed by atoms with Crippen molar-refractivity contribution in [2.75, 3.05) is 19.6 Å². The Labute approximate surface area is 147 Å². The number of rotatable bonds is 8. The van der Waals surface area contributed by atoms with Crippen molar-refractivity contribution in [1.29, 1.82) is 0 Å². The average Bonchev–Trinajstić information content (AvgIpc) is 2.97. The molecule has 1 aromatic heterocycles. The molecule has 24 heavy (non-hydrogen) atoms. The van der Waals surface area contributed by atoms with Crippen LogP contribution in [0.3, 0.4) is 0 Å². The first-order valence-corrected chi connectivity index (χ1v) is 8.46. The van der Waals surface area contributed by atoms with Crippen molar-refractivity contribution in [3.8, 4) is 0 Å². The highest BCUT2D eigenvalue weighted by Crippen LogP contribution is 2.21. The van der Waals surface area contributed by atoms with E-state index in [9.17, 15) is 4.79 Å². The van der Waals surface area contributed by atoms with Crippen LogP contribution in [0.25, 0.3) is 0 Å². The van der Waals surface area contributed by atoms with Crippen molar-refractivity contribution in [2.45, 2.75) is 33.2 Å². The minimum absolute atomic E-state index is 0.0909. The number of nitrogens with zero attached hydrogens (tertiary/aromatic N) is 3. The maximum absolute atomic E-state index is 12.1. The number of halogens is 1. The Balaban J connectivity index is 2.02. The number of benzene rings is 1. The second kappa shape index (κ2) is 8.80. The van der Waals surface area contributed by atoms with Crippen molar-refractivity contribution in [3.05, 3.63) is 46.6 Å². The Bertz CT molecular complexity index is 653. The molecule has 0 aliphatic rings. The largest absolute Gasteiger partial charge is 0.354 e. The fraction of sp³-hybridized carbons (Fsp3) is 0.471. The maximum Gasteiger partial charge on any atom is 0.227 e. The highest BCUT2D eigenvalue weighted by molar-refractivity contribution is 6.30. The molecule has 1 heterocycles. The first kappa shape index (κ1) is 18.4. The Morgan fingerprint density at radius 2 is 1.96 bits per heavy atom. The van der Waals surface area contributed by atoms with Gasteiger partial charge in [-0.15, -0.1) is 0 Å². The average molecular weight is 351 g/mol. The molecule has 1 amide bonds. The van der Waals surface area contributed by atoms with Gasteiger partial charge in [-0.2, -0.15) is 4.98 Å². The van der Waals surface area contributed by atoms with Gasteiger partial charge in [0.05, 0.1) is 12.5 Å². The number of hydrogen-bond acceptors (Lipinski definition) is 5. The predicted octanol–water partition coefficient (Wildman–Crippen LogP) is 2.77. The molecule has 1 aromatic carbocycles. The molecular formula is C17H23ClN4O2. The number of aryl methyl sites for hydroxylation is 1. The zero-order valence-corrected chi connectivity index (χ0v) is 15.0. The van der Waals surface area contributed by atoms with Crippen LogP contribution in [0, 0.1) is 6.92 Å². The summed E-state index contributed by atoms with van der Waals surface area (Å²) in [5.74, 6) is 0.734. The number of aromatic nitrogens is 2. The molecule has 0 saturated carbocycles. The fourth-order valence-corrected chi connectivity index (χ4v) is 2.76. The van der Waals surface area contributed by atoms with Crippen molar-refractivity contribution in [3.63, 3.8) is 0 Å². The van der Waals surface area contributed by atoms with E-state index in [1.54, 1.807) is 6.92 Å². The first-order valence-electron chi connectivity index (χ1n) is 8.08. The Morgan fingerprint density at radius 3 is 2.50 bits per heavy atom. The third-order valence-electron chi connectivity index (χ3n) is 3.89. The normalized spacial score (nSPS) is 12.4. The van der Waals surface area contributed by atoms with E-state index in [1.807, 2.05) is 24.3 Å². The standard InChI is InChI=1S/C17H23ClN4O2/c1-4-22(5-2)15(13-6-8-14(18)9-7-13)11-19-17(23)10-16-20-12(3)24-21-16/h6-9,15H,4-5,10-11H2,1-3H3,(H,19,23). The Morgan fingerprint density at radius 1 is 1.29 bits per heavy atom. The summed E-state index contributed by atoms with van der Waals surface area (Å²) < 4.78 is 4.88. The summed E-state index contributed by atoms with van der Waals surface area (Å²) in [6.07, 6.45) is 0.114. The molecule has 0 fully saturated rings. The summed E-state index contributed by atoms with van der Waals surface area (Å²) in [6, 6.07) is 7.84. The minimum Gasteiger partial charge on any atom is -0.354 e. The quantitative estimate of drug-likeness (QED) is 0.792. The van der Waals surface area contributed by atoms with Crippen LogP contribution in [0.2, 0.25) is 5.02 Å². The van der Waals surface area contributed by atoms with Crippen molar-refractivity contribution in [2.24, 2.45) is 0 Å². The summed E-state index contributed by atoms with van der Waals surface area (Å²) >= 11 is 5.98. The van der Waals surface area contributed by atoms with Gasteiger partial charge in [-0.05, 0) is 30.8 Å². The molecule has 0 aliphatic heterocycles. The predicted molar refractivity (Wildman–Crippen MR) is 92.9 cm³/mol. The lowest BCUT2D eigenvalue weighted by Crippen LogP contribution is -2.38. The van der Waals surface area contributed by atoms with Gasteiger partial charge in [-0.1, -0.05) is 42.7 Å². The van der Waals surface area contributed by atoms with Crippen LogP contribution in [-0.2, 0) is 11.2 Å². The molecule has 6 nitrogen and oxygen atoms in total.